The molecular formula is C34H33NOSe. The van der Waals surface area contributed by atoms with E-state index >= 15 is 0 Å². The summed E-state index contributed by atoms with van der Waals surface area (Å²) in [5.41, 5.74) is 7.88. The second-order valence-corrected chi connectivity index (χ2v) is 14.0. The maximum atomic E-state index is 5.86. The number of benzene rings is 4. The first-order valence-electron chi connectivity index (χ1n) is 13.0. The van der Waals surface area contributed by atoms with Gasteiger partial charge < -0.3 is 0 Å². The maximum absolute atomic E-state index is 5.86. The molecule has 0 saturated carbocycles. The molecule has 0 aromatic heterocycles. The number of nitrogens with zero attached hydrogens (tertiary/aromatic N) is 1. The van der Waals surface area contributed by atoms with E-state index in [9.17, 15) is 0 Å². The molecule has 37 heavy (non-hydrogen) atoms. The molecule has 2 aliphatic rings. The van der Waals surface area contributed by atoms with Gasteiger partial charge in [-0.3, -0.25) is 0 Å². The molecule has 1 aliphatic carbocycles. The Kier molecular flexibility index (Phi) is 5.90. The molecule has 0 radical (unpaired) electrons. The predicted octanol–water partition coefficient (Wildman–Crippen LogP) is 6.47. The van der Waals surface area contributed by atoms with E-state index in [0.717, 1.165) is 17.9 Å². The summed E-state index contributed by atoms with van der Waals surface area (Å²) in [6.45, 7) is 11.8. The van der Waals surface area contributed by atoms with Crippen molar-refractivity contribution in [3.63, 3.8) is 0 Å². The van der Waals surface area contributed by atoms with E-state index in [1.165, 1.54) is 47.5 Å². The fraction of sp³-hybridized carbons (Fsp3) is 0.265. The van der Waals surface area contributed by atoms with E-state index in [4.69, 9.17) is 9.73 Å². The number of hydrogen-bond acceptors (Lipinski definition) is 2. The number of hydrogen-bond donors (Lipinski definition) is 0. The summed E-state index contributed by atoms with van der Waals surface area (Å²) in [4.78, 5) is 4.74. The molecule has 1 aliphatic heterocycles. The summed E-state index contributed by atoms with van der Waals surface area (Å²) in [5.74, 6) is 0.760. The van der Waals surface area contributed by atoms with Crippen LogP contribution in [0.25, 0.3) is 16.3 Å². The van der Waals surface area contributed by atoms with Gasteiger partial charge in [0, 0.05) is 0 Å². The molecule has 2 nitrogen and oxygen atoms in total. The summed E-state index contributed by atoms with van der Waals surface area (Å²) in [6, 6.07) is 29.5. The van der Waals surface area contributed by atoms with Crippen molar-refractivity contribution in [3.8, 4) is 0 Å². The molecule has 0 unspecified atom stereocenters. The standard InChI is InChI=1S/C34H33NOSe/c1-22-6-8-23(9-7-22)29-16-17-33(2,3)31-20-28(14-15-30(29)31)37-27-13-12-24-18-26(11-10-25(24)19-27)32-35-34(4,5)21-36-32/h6-16,18-20H,17,21H2,1-5H3. The van der Waals surface area contributed by atoms with Crippen LogP contribution in [0.2, 0.25) is 0 Å². The molecule has 3 heteroatoms. The third kappa shape index (κ3) is 4.79. The van der Waals surface area contributed by atoms with E-state index in [1.807, 2.05) is 0 Å². The van der Waals surface area contributed by atoms with Crippen molar-refractivity contribution in [2.75, 3.05) is 6.61 Å². The quantitative estimate of drug-likeness (QED) is 0.267. The number of rotatable bonds is 4. The summed E-state index contributed by atoms with van der Waals surface area (Å²) in [7, 11) is 0. The molecule has 0 saturated heterocycles. The molecule has 0 amide bonds. The van der Waals surface area contributed by atoms with Crippen molar-refractivity contribution in [1.82, 2.24) is 0 Å². The van der Waals surface area contributed by atoms with E-state index in [1.54, 1.807) is 0 Å². The summed E-state index contributed by atoms with van der Waals surface area (Å²) >= 11 is 0.242. The van der Waals surface area contributed by atoms with Crippen molar-refractivity contribution in [2.45, 2.75) is 52.0 Å². The zero-order valence-electron chi connectivity index (χ0n) is 22.3. The van der Waals surface area contributed by atoms with Gasteiger partial charge in [0.2, 0.25) is 0 Å². The SMILES string of the molecule is Cc1ccc(C2=CCC(C)(C)c3cc([Se]c4ccc5cc(C6=NC(C)(C)CO6)ccc5c4)ccc32)cc1. The third-order valence-electron chi connectivity index (χ3n) is 7.45. The van der Waals surface area contributed by atoms with Crippen LogP contribution in [0.4, 0.5) is 0 Å². The molecule has 1 heterocycles. The Morgan fingerprint density at radius 1 is 0.757 bits per heavy atom. The van der Waals surface area contributed by atoms with Gasteiger partial charge in [-0.25, -0.2) is 0 Å². The monoisotopic (exact) mass is 551 g/mol. The molecule has 186 valence electrons. The van der Waals surface area contributed by atoms with Gasteiger partial charge in [0.25, 0.3) is 0 Å². The van der Waals surface area contributed by atoms with E-state index in [2.05, 4.69) is 120 Å². The molecule has 0 atom stereocenters. The van der Waals surface area contributed by atoms with E-state index < -0.39 is 0 Å². The Morgan fingerprint density at radius 3 is 2.19 bits per heavy atom. The first-order valence-corrected chi connectivity index (χ1v) is 14.8. The number of fused-ring (bicyclic) bond motifs is 2. The average Bonchev–Trinajstić information content (AvgIpc) is 3.24. The Labute approximate surface area is 226 Å². The van der Waals surface area contributed by atoms with E-state index in [-0.39, 0.29) is 25.9 Å². The average molecular weight is 551 g/mol. The summed E-state index contributed by atoms with van der Waals surface area (Å²) < 4.78 is 8.68. The van der Waals surface area contributed by atoms with Crippen LogP contribution in [-0.2, 0) is 10.2 Å². The van der Waals surface area contributed by atoms with Gasteiger partial charge in [-0.2, -0.15) is 0 Å². The Morgan fingerprint density at radius 2 is 1.43 bits per heavy atom. The number of aryl methyl sites for hydroxylation is 1. The molecule has 0 N–H and O–H groups in total. The van der Waals surface area contributed by atoms with Crippen LogP contribution in [0.15, 0.2) is 89.9 Å². The van der Waals surface area contributed by atoms with Gasteiger partial charge in [0.05, 0.1) is 0 Å². The van der Waals surface area contributed by atoms with Gasteiger partial charge >= 0.3 is 227 Å². The van der Waals surface area contributed by atoms with Gasteiger partial charge in [-0.15, -0.1) is 0 Å². The first kappa shape index (κ1) is 24.2. The number of ether oxygens (including phenoxy) is 1. The second-order valence-electron chi connectivity index (χ2n) is 11.6. The topological polar surface area (TPSA) is 21.6 Å². The van der Waals surface area contributed by atoms with Gasteiger partial charge in [-0.05, 0) is 0 Å². The van der Waals surface area contributed by atoms with Crippen LogP contribution >= 0.6 is 0 Å². The molecule has 4 aromatic rings. The number of allylic oxidation sites excluding steroid dienone is 1. The summed E-state index contributed by atoms with van der Waals surface area (Å²) in [6.07, 6.45) is 3.49. The second kappa shape index (κ2) is 9.01. The van der Waals surface area contributed by atoms with Crippen LogP contribution < -0.4 is 8.92 Å². The van der Waals surface area contributed by atoms with Gasteiger partial charge in [-0.1, -0.05) is 0 Å². The molecule has 6 rings (SSSR count). The van der Waals surface area contributed by atoms with E-state index in [0.29, 0.717) is 6.61 Å². The minimum absolute atomic E-state index is 0.134. The molecule has 4 aromatic carbocycles. The Balaban J connectivity index is 1.29. The number of aliphatic imine (C=N–C) groups is 1. The van der Waals surface area contributed by atoms with Gasteiger partial charge in [0.15, 0.2) is 0 Å². The molecule has 0 spiro atoms. The predicted molar refractivity (Wildman–Crippen MR) is 158 cm³/mol. The molecule has 0 fully saturated rings. The van der Waals surface area contributed by atoms with Crippen molar-refractivity contribution >= 4 is 46.1 Å². The van der Waals surface area contributed by atoms with Crippen LogP contribution in [-0.4, -0.2) is 33.0 Å². The van der Waals surface area contributed by atoms with Crippen LogP contribution in [0.5, 0.6) is 0 Å². The minimum atomic E-state index is -0.142. The van der Waals surface area contributed by atoms with Crippen LogP contribution in [0, 0.1) is 6.92 Å². The molecular weight excluding hydrogens is 517 g/mol. The van der Waals surface area contributed by atoms with Crippen molar-refractivity contribution in [2.24, 2.45) is 4.99 Å². The van der Waals surface area contributed by atoms with Crippen molar-refractivity contribution < 1.29 is 4.74 Å². The third-order valence-corrected chi connectivity index (χ3v) is 9.50. The molecule has 0 bridgehead atoms. The fourth-order valence-corrected chi connectivity index (χ4v) is 7.16. The van der Waals surface area contributed by atoms with Crippen molar-refractivity contribution in [1.29, 1.82) is 0 Å². The van der Waals surface area contributed by atoms with Crippen LogP contribution in [0.1, 0.15) is 61.9 Å². The fourth-order valence-electron chi connectivity index (χ4n) is 5.25. The summed E-state index contributed by atoms with van der Waals surface area (Å²) in [5, 5.41) is 2.50. The zero-order chi connectivity index (χ0) is 25.8. The van der Waals surface area contributed by atoms with Crippen LogP contribution in [0.3, 0.4) is 0 Å². The Hall–Kier alpha value is -3.13. The van der Waals surface area contributed by atoms with Gasteiger partial charge in [0.1, 0.15) is 0 Å². The normalized spacial score (nSPS) is 17.6. The zero-order valence-corrected chi connectivity index (χ0v) is 24.0. The Bertz CT molecular complexity index is 1570. The first-order chi connectivity index (χ1) is 17.7. The van der Waals surface area contributed by atoms with Crippen molar-refractivity contribution in [3.05, 3.63) is 113 Å².